The molecule has 0 atom stereocenters. The summed E-state index contributed by atoms with van der Waals surface area (Å²) in [7, 11) is 4.04. The number of rotatable bonds is 4. The highest BCUT2D eigenvalue weighted by molar-refractivity contribution is 5.83. The lowest BCUT2D eigenvalue weighted by Crippen LogP contribution is -2.08. The molecule has 0 fully saturated rings. The first-order valence-electron chi connectivity index (χ1n) is 7.21. The maximum absolute atomic E-state index is 5.62. The molecule has 2 heterocycles. The fraction of sp³-hybridized carbons (Fsp3) is 0.235. The van der Waals surface area contributed by atoms with Crippen molar-refractivity contribution in [3.8, 4) is 17.1 Å². The van der Waals surface area contributed by atoms with Crippen molar-refractivity contribution in [1.82, 2.24) is 15.0 Å². The molecule has 0 bridgehead atoms. The molecule has 0 amide bonds. The van der Waals surface area contributed by atoms with Gasteiger partial charge in [0.05, 0.1) is 17.8 Å². The molecule has 0 saturated carbocycles. The van der Waals surface area contributed by atoms with Crippen LogP contribution in [0.1, 0.15) is 6.92 Å². The second kappa shape index (κ2) is 5.97. The second-order valence-corrected chi connectivity index (χ2v) is 5.11. The number of ether oxygens (including phenoxy) is 1. The number of aromatic nitrogens is 3. The number of benzene rings is 1. The van der Waals surface area contributed by atoms with Gasteiger partial charge in [0, 0.05) is 37.7 Å². The summed E-state index contributed by atoms with van der Waals surface area (Å²) in [5, 5.41) is 0. The summed E-state index contributed by atoms with van der Waals surface area (Å²) in [6.07, 6.45) is 3.33. The van der Waals surface area contributed by atoms with Crippen LogP contribution < -0.4 is 9.64 Å². The topological polar surface area (TPSA) is 51.1 Å². The van der Waals surface area contributed by atoms with E-state index < -0.39 is 0 Å². The molecule has 0 radical (unpaired) electrons. The first-order chi connectivity index (χ1) is 10.7. The largest absolute Gasteiger partial charge is 0.476 e. The van der Waals surface area contributed by atoms with Crippen molar-refractivity contribution in [3.63, 3.8) is 0 Å². The molecule has 0 aliphatic rings. The van der Waals surface area contributed by atoms with Gasteiger partial charge >= 0.3 is 0 Å². The van der Waals surface area contributed by atoms with Gasteiger partial charge in [-0.1, -0.05) is 12.1 Å². The standard InChI is InChI=1S/C17H18N4O/c1-4-22-17-16-15(18-9-10-19-16)11-14(20-17)12-5-7-13(8-6-12)21(2)3/h5-11H,4H2,1-3H3. The summed E-state index contributed by atoms with van der Waals surface area (Å²) < 4.78 is 5.62. The van der Waals surface area contributed by atoms with E-state index in [0.29, 0.717) is 18.0 Å². The van der Waals surface area contributed by atoms with Crippen molar-refractivity contribution in [3.05, 3.63) is 42.7 Å². The van der Waals surface area contributed by atoms with E-state index in [9.17, 15) is 0 Å². The highest BCUT2D eigenvalue weighted by Gasteiger charge is 2.10. The van der Waals surface area contributed by atoms with Gasteiger partial charge in [-0.25, -0.2) is 9.97 Å². The van der Waals surface area contributed by atoms with Gasteiger partial charge in [-0.2, -0.15) is 0 Å². The lowest BCUT2D eigenvalue weighted by atomic mass is 10.1. The van der Waals surface area contributed by atoms with Crippen LogP contribution in [-0.4, -0.2) is 35.7 Å². The number of nitrogens with zero attached hydrogens (tertiary/aromatic N) is 4. The zero-order chi connectivity index (χ0) is 15.5. The van der Waals surface area contributed by atoms with Gasteiger partial charge in [0.2, 0.25) is 5.88 Å². The molecule has 0 unspecified atom stereocenters. The molecule has 0 saturated heterocycles. The fourth-order valence-electron chi connectivity index (χ4n) is 2.26. The highest BCUT2D eigenvalue weighted by atomic mass is 16.5. The minimum absolute atomic E-state index is 0.528. The van der Waals surface area contributed by atoms with Gasteiger partial charge < -0.3 is 9.64 Å². The minimum Gasteiger partial charge on any atom is -0.476 e. The summed E-state index contributed by atoms with van der Waals surface area (Å²) in [4.78, 5) is 15.3. The summed E-state index contributed by atoms with van der Waals surface area (Å²) in [6.45, 7) is 2.48. The maximum atomic E-state index is 5.62. The molecule has 2 aromatic heterocycles. The van der Waals surface area contributed by atoms with E-state index in [1.807, 2.05) is 27.1 Å². The van der Waals surface area contributed by atoms with Crippen molar-refractivity contribution in [2.45, 2.75) is 6.92 Å². The van der Waals surface area contributed by atoms with Crippen LogP contribution in [0.4, 0.5) is 5.69 Å². The van der Waals surface area contributed by atoms with Gasteiger partial charge in [-0.05, 0) is 25.1 Å². The van der Waals surface area contributed by atoms with Crippen LogP contribution in [0.15, 0.2) is 42.7 Å². The van der Waals surface area contributed by atoms with E-state index >= 15 is 0 Å². The first kappa shape index (κ1) is 14.3. The molecule has 0 aliphatic heterocycles. The average molecular weight is 294 g/mol. The van der Waals surface area contributed by atoms with Gasteiger partial charge in [-0.15, -0.1) is 0 Å². The predicted molar refractivity (Wildman–Crippen MR) is 88.3 cm³/mol. The van der Waals surface area contributed by atoms with Crippen LogP contribution in [0, 0.1) is 0 Å². The Balaban J connectivity index is 2.10. The minimum atomic E-state index is 0.528. The highest BCUT2D eigenvalue weighted by Crippen LogP contribution is 2.27. The van der Waals surface area contributed by atoms with E-state index in [1.54, 1.807) is 12.4 Å². The molecule has 5 nitrogen and oxygen atoms in total. The quantitative estimate of drug-likeness (QED) is 0.740. The molecule has 0 aliphatic carbocycles. The van der Waals surface area contributed by atoms with Crippen LogP contribution in [0.25, 0.3) is 22.3 Å². The van der Waals surface area contributed by atoms with Crippen LogP contribution >= 0.6 is 0 Å². The Bertz CT molecular complexity index is 784. The molecule has 5 heteroatoms. The lowest BCUT2D eigenvalue weighted by molar-refractivity contribution is 0.331. The monoisotopic (exact) mass is 294 g/mol. The van der Waals surface area contributed by atoms with Crippen molar-refractivity contribution in [2.24, 2.45) is 0 Å². The maximum Gasteiger partial charge on any atom is 0.242 e. The van der Waals surface area contributed by atoms with Gasteiger partial charge in [0.15, 0.2) is 5.52 Å². The number of fused-ring (bicyclic) bond motifs is 1. The van der Waals surface area contributed by atoms with Crippen molar-refractivity contribution < 1.29 is 4.74 Å². The first-order valence-corrected chi connectivity index (χ1v) is 7.21. The molecule has 0 N–H and O–H groups in total. The van der Waals surface area contributed by atoms with Crippen molar-refractivity contribution in [2.75, 3.05) is 25.6 Å². The third-order valence-electron chi connectivity index (χ3n) is 3.39. The van der Waals surface area contributed by atoms with Crippen molar-refractivity contribution >= 4 is 16.7 Å². The van der Waals surface area contributed by atoms with Crippen LogP contribution in [0.3, 0.4) is 0 Å². The molecule has 22 heavy (non-hydrogen) atoms. The normalized spacial score (nSPS) is 10.7. The smallest absolute Gasteiger partial charge is 0.242 e. The predicted octanol–water partition coefficient (Wildman–Crippen LogP) is 3.16. The average Bonchev–Trinajstić information content (AvgIpc) is 2.55. The fourth-order valence-corrected chi connectivity index (χ4v) is 2.26. The second-order valence-electron chi connectivity index (χ2n) is 5.11. The van der Waals surface area contributed by atoms with E-state index in [2.05, 4.69) is 44.1 Å². The van der Waals surface area contributed by atoms with E-state index in [0.717, 1.165) is 22.5 Å². The zero-order valence-corrected chi connectivity index (χ0v) is 12.9. The number of hydrogen-bond donors (Lipinski definition) is 0. The van der Waals surface area contributed by atoms with Gasteiger partial charge in [0.25, 0.3) is 0 Å². The van der Waals surface area contributed by atoms with E-state index in [1.165, 1.54) is 0 Å². The number of anilines is 1. The summed E-state index contributed by atoms with van der Waals surface area (Å²) >= 11 is 0. The summed E-state index contributed by atoms with van der Waals surface area (Å²) in [6, 6.07) is 10.2. The zero-order valence-electron chi connectivity index (χ0n) is 12.9. The summed E-state index contributed by atoms with van der Waals surface area (Å²) in [5.74, 6) is 0.528. The Morgan fingerprint density at radius 3 is 2.45 bits per heavy atom. The Morgan fingerprint density at radius 1 is 1.05 bits per heavy atom. The molecule has 1 aromatic carbocycles. The SMILES string of the molecule is CCOc1nc(-c2ccc(N(C)C)cc2)cc2nccnc12. The van der Waals surface area contributed by atoms with E-state index in [-0.39, 0.29) is 0 Å². The molecule has 0 spiro atoms. The van der Waals surface area contributed by atoms with Gasteiger partial charge in [-0.3, -0.25) is 4.98 Å². The molecular weight excluding hydrogens is 276 g/mol. The molecular formula is C17H18N4O. The van der Waals surface area contributed by atoms with Crippen LogP contribution in [-0.2, 0) is 0 Å². The van der Waals surface area contributed by atoms with Gasteiger partial charge in [0.1, 0.15) is 0 Å². The molecule has 3 rings (SSSR count). The lowest BCUT2D eigenvalue weighted by Gasteiger charge is -2.13. The Hall–Kier alpha value is -2.69. The Labute approximate surface area is 129 Å². The third kappa shape index (κ3) is 2.70. The third-order valence-corrected chi connectivity index (χ3v) is 3.39. The van der Waals surface area contributed by atoms with Crippen LogP contribution in [0.2, 0.25) is 0 Å². The van der Waals surface area contributed by atoms with Crippen molar-refractivity contribution in [1.29, 1.82) is 0 Å². The molecule has 3 aromatic rings. The molecule has 112 valence electrons. The van der Waals surface area contributed by atoms with E-state index in [4.69, 9.17) is 4.74 Å². The summed E-state index contributed by atoms with van der Waals surface area (Å²) in [5.41, 5.74) is 4.49. The Kier molecular flexibility index (Phi) is 3.87. The number of hydrogen-bond acceptors (Lipinski definition) is 5. The van der Waals surface area contributed by atoms with Crippen LogP contribution in [0.5, 0.6) is 5.88 Å². The Morgan fingerprint density at radius 2 is 1.77 bits per heavy atom. The number of pyridine rings is 1.